The van der Waals surface area contributed by atoms with Gasteiger partial charge in [-0.05, 0) is 13.3 Å². The van der Waals surface area contributed by atoms with E-state index < -0.39 is 0 Å². The molecule has 0 aliphatic rings. The number of aliphatic hydroxyl groups is 1. The number of hydrogen-bond donors (Lipinski definition) is 2. The molecule has 0 aromatic carbocycles. The monoisotopic (exact) mass is 200 g/mol. The number of thioether (sulfide) groups is 1. The summed E-state index contributed by atoms with van der Waals surface area (Å²) in [6.07, 6.45) is 0.720. The van der Waals surface area contributed by atoms with E-state index in [4.69, 9.17) is 5.11 Å². The Morgan fingerprint density at radius 3 is 3.08 bits per heavy atom. The normalized spacial score (nSPS) is 10.3. The van der Waals surface area contributed by atoms with Crippen molar-refractivity contribution in [3.05, 3.63) is 22.2 Å². The standard InChI is InChI=1S/C8H12N2O2S/c1-6-9-7(12)5-8(10-6)13-4-2-3-11/h5,11H,2-4H2,1H3,(H,9,10,12). The quantitative estimate of drug-likeness (QED) is 0.423. The highest BCUT2D eigenvalue weighted by Gasteiger charge is 1.97. The number of hydrogen-bond acceptors (Lipinski definition) is 4. The summed E-state index contributed by atoms with van der Waals surface area (Å²) in [6, 6.07) is 1.47. The van der Waals surface area contributed by atoms with Gasteiger partial charge in [-0.15, -0.1) is 11.8 Å². The fourth-order valence-corrected chi connectivity index (χ4v) is 1.74. The fraction of sp³-hybridized carbons (Fsp3) is 0.500. The Morgan fingerprint density at radius 2 is 2.46 bits per heavy atom. The van der Waals surface area contributed by atoms with Crippen LogP contribution in [0.5, 0.6) is 0 Å². The minimum Gasteiger partial charge on any atom is -0.396 e. The SMILES string of the molecule is Cc1nc(SCCCO)cc(=O)[nH]1. The predicted molar refractivity (Wildman–Crippen MR) is 52.0 cm³/mol. The highest BCUT2D eigenvalue weighted by molar-refractivity contribution is 7.99. The van der Waals surface area contributed by atoms with Gasteiger partial charge in [0.25, 0.3) is 5.56 Å². The lowest BCUT2D eigenvalue weighted by atomic mass is 10.5. The molecule has 0 aliphatic heterocycles. The minimum absolute atomic E-state index is 0.126. The van der Waals surface area contributed by atoms with Crippen LogP contribution in [0.1, 0.15) is 12.2 Å². The molecule has 0 saturated heterocycles. The Labute approximate surface area is 80.4 Å². The first-order chi connectivity index (χ1) is 6.22. The first kappa shape index (κ1) is 10.3. The van der Waals surface area contributed by atoms with E-state index in [1.807, 2.05) is 0 Å². The molecule has 0 aliphatic carbocycles. The molecule has 72 valence electrons. The maximum Gasteiger partial charge on any atom is 0.251 e. The smallest absolute Gasteiger partial charge is 0.251 e. The number of aliphatic hydroxyl groups excluding tert-OH is 1. The molecule has 4 nitrogen and oxygen atoms in total. The van der Waals surface area contributed by atoms with E-state index in [0.717, 1.165) is 17.2 Å². The van der Waals surface area contributed by atoms with E-state index in [9.17, 15) is 4.79 Å². The van der Waals surface area contributed by atoms with E-state index in [0.29, 0.717) is 5.82 Å². The van der Waals surface area contributed by atoms with Gasteiger partial charge < -0.3 is 10.1 Å². The fourth-order valence-electron chi connectivity index (χ4n) is 0.867. The lowest BCUT2D eigenvalue weighted by molar-refractivity contribution is 0.296. The molecule has 0 unspecified atom stereocenters. The van der Waals surface area contributed by atoms with Crippen molar-refractivity contribution >= 4 is 11.8 Å². The van der Waals surface area contributed by atoms with Gasteiger partial charge in [0.2, 0.25) is 0 Å². The molecular formula is C8H12N2O2S. The number of nitrogens with zero attached hydrogens (tertiary/aromatic N) is 1. The van der Waals surface area contributed by atoms with E-state index in [1.54, 1.807) is 6.92 Å². The van der Waals surface area contributed by atoms with Crippen molar-refractivity contribution in [3.8, 4) is 0 Å². The van der Waals surface area contributed by atoms with Gasteiger partial charge >= 0.3 is 0 Å². The van der Waals surface area contributed by atoms with E-state index in [2.05, 4.69) is 9.97 Å². The van der Waals surface area contributed by atoms with Gasteiger partial charge in [-0.3, -0.25) is 4.79 Å². The number of aromatic nitrogens is 2. The Hall–Kier alpha value is -0.810. The average molecular weight is 200 g/mol. The maximum atomic E-state index is 11.0. The molecule has 0 amide bonds. The molecule has 1 rings (SSSR count). The first-order valence-corrected chi connectivity index (χ1v) is 5.02. The molecule has 0 atom stereocenters. The van der Waals surface area contributed by atoms with E-state index in [1.165, 1.54) is 17.8 Å². The summed E-state index contributed by atoms with van der Waals surface area (Å²) in [7, 11) is 0. The summed E-state index contributed by atoms with van der Waals surface area (Å²) >= 11 is 1.48. The number of nitrogens with one attached hydrogen (secondary N) is 1. The van der Waals surface area contributed by atoms with Crippen LogP contribution >= 0.6 is 11.8 Å². The van der Waals surface area contributed by atoms with Gasteiger partial charge in [0, 0.05) is 18.4 Å². The first-order valence-electron chi connectivity index (χ1n) is 4.04. The van der Waals surface area contributed by atoms with Gasteiger partial charge in [0.1, 0.15) is 10.9 Å². The second-order valence-electron chi connectivity index (χ2n) is 2.59. The average Bonchev–Trinajstić information content (AvgIpc) is 2.03. The number of H-pyrrole nitrogens is 1. The largest absolute Gasteiger partial charge is 0.396 e. The zero-order valence-corrected chi connectivity index (χ0v) is 8.23. The van der Waals surface area contributed by atoms with Crippen LogP contribution in [0.4, 0.5) is 0 Å². The van der Waals surface area contributed by atoms with Crippen molar-refractivity contribution < 1.29 is 5.11 Å². The molecule has 0 fully saturated rings. The van der Waals surface area contributed by atoms with Crippen molar-refractivity contribution in [2.24, 2.45) is 0 Å². The van der Waals surface area contributed by atoms with Crippen LogP contribution in [-0.2, 0) is 0 Å². The van der Waals surface area contributed by atoms with E-state index in [-0.39, 0.29) is 12.2 Å². The number of aromatic amines is 1. The second kappa shape index (κ2) is 5.04. The summed E-state index contributed by atoms with van der Waals surface area (Å²) in [5, 5.41) is 9.27. The summed E-state index contributed by atoms with van der Waals surface area (Å²) < 4.78 is 0. The van der Waals surface area contributed by atoms with Crippen molar-refractivity contribution in [2.75, 3.05) is 12.4 Å². The Bertz CT molecular complexity index is 324. The molecule has 0 radical (unpaired) electrons. The van der Waals surface area contributed by atoms with Crippen LogP contribution in [0.3, 0.4) is 0 Å². The lowest BCUT2D eigenvalue weighted by Gasteiger charge is -1.99. The van der Waals surface area contributed by atoms with Crippen molar-refractivity contribution in [1.29, 1.82) is 0 Å². The molecule has 2 N–H and O–H groups in total. The molecule has 5 heteroatoms. The van der Waals surface area contributed by atoms with Crippen LogP contribution in [0.2, 0.25) is 0 Å². The summed E-state index contributed by atoms with van der Waals surface area (Å²) in [6.45, 7) is 1.92. The zero-order chi connectivity index (χ0) is 9.68. The Balaban J connectivity index is 2.61. The topological polar surface area (TPSA) is 66.0 Å². The van der Waals surface area contributed by atoms with Gasteiger partial charge in [-0.1, -0.05) is 0 Å². The number of rotatable bonds is 4. The van der Waals surface area contributed by atoms with Gasteiger partial charge in [0.05, 0.1) is 0 Å². The molecule has 0 bridgehead atoms. The van der Waals surface area contributed by atoms with Crippen LogP contribution in [0.25, 0.3) is 0 Å². The summed E-state index contributed by atoms with van der Waals surface area (Å²) in [5.74, 6) is 1.41. The molecule has 0 spiro atoms. The highest BCUT2D eigenvalue weighted by Crippen LogP contribution is 2.13. The Kier molecular flexibility index (Phi) is 3.98. The molecule has 1 aromatic rings. The Morgan fingerprint density at radius 1 is 1.69 bits per heavy atom. The van der Waals surface area contributed by atoms with Crippen LogP contribution < -0.4 is 5.56 Å². The van der Waals surface area contributed by atoms with Gasteiger partial charge in [0.15, 0.2) is 0 Å². The third-order valence-electron chi connectivity index (χ3n) is 1.39. The lowest BCUT2D eigenvalue weighted by Crippen LogP contribution is -2.08. The predicted octanol–water partition coefficient (Wildman–Crippen LogP) is 0.553. The number of aryl methyl sites for hydroxylation is 1. The van der Waals surface area contributed by atoms with Crippen LogP contribution in [0.15, 0.2) is 15.9 Å². The molecule has 0 saturated carbocycles. The molecule has 1 heterocycles. The van der Waals surface area contributed by atoms with Crippen molar-refractivity contribution in [2.45, 2.75) is 18.4 Å². The third-order valence-corrected chi connectivity index (χ3v) is 2.39. The summed E-state index contributed by atoms with van der Waals surface area (Å²) in [5.41, 5.74) is -0.126. The van der Waals surface area contributed by atoms with Gasteiger partial charge in [-0.25, -0.2) is 4.98 Å². The second-order valence-corrected chi connectivity index (χ2v) is 3.71. The highest BCUT2D eigenvalue weighted by atomic mass is 32.2. The van der Waals surface area contributed by atoms with Crippen molar-refractivity contribution in [3.63, 3.8) is 0 Å². The molecule has 1 aromatic heterocycles. The third kappa shape index (κ3) is 3.61. The minimum atomic E-state index is -0.126. The van der Waals surface area contributed by atoms with Crippen LogP contribution in [-0.4, -0.2) is 27.4 Å². The van der Waals surface area contributed by atoms with Crippen LogP contribution in [0, 0.1) is 6.92 Å². The van der Waals surface area contributed by atoms with Crippen molar-refractivity contribution in [1.82, 2.24) is 9.97 Å². The maximum absolute atomic E-state index is 11.0. The van der Waals surface area contributed by atoms with E-state index >= 15 is 0 Å². The van der Waals surface area contributed by atoms with Gasteiger partial charge in [-0.2, -0.15) is 0 Å². The summed E-state index contributed by atoms with van der Waals surface area (Å²) in [4.78, 5) is 17.7. The zero-order valence-electron chi connectivity index (χ0n) is 7.41. The molecule has 13 heavy (non-hydrogen) atoms. The molecular weight excluding hydrogens is 188 g/mol.